The van der Waals surface area contributed by atoms with Gasteiger partial charge in [-0.2, -0.15) is 10.2 Å². The van der Waals surface area contributed by atoms with E-state index in [1.165, 1.54) is 16.9 Å². The van der Waals surface area contributed by atoms with E-state index >= 15 is 0 Å². The highest BCUT2D eigenvalue weighted by Crippen LogP contribution is 2.17. The number of fused-ring (bicyclic) bond motifs is 1. The van der Waals surface area contributed by atoms with Gasteiger partial charge in [-0.15, -0.1) is 0 Å². The van der Waals surface area contributed by atoms with Crippen LogP contribution in [0, 0.1) is 0 Å². The molecule has 1 N–H and O–H groups in total. The number of aromatic nitrogens is 5. The summed E-state index contributed by atoms with van der Waals surface area (Å²) in [4.78, 5) is 15.2. The van der Waals surface area contributed by atoms with Gasteiger partial charge in [-0.3, -0.25) is 9.67 Å². The van der Waals surface area contributed by atoms with Crippen LogP contribution in [0.1, 0.15) is 10.4 Å². The average Bonchev–Trinajstić information content (AvgIpc) is 2.93. The minimum absolute atomic E-state index is 0.139. The smallest absolute Gasteiger partial charge is 0.339 e. The zero-order valence-corrected chi connectivity index (χ0v) is 9.48. The predicted octanol–water partition coefficient (Wildman–Crippen LogP) is 0.828. The topological polar surface area (TPSA) is 85.3 Å². The van der Waals surface area contributed by atoms with Crippen molar-refractivity contribution in [1.82, 2.24) is 24.4 Å². The standard InChI is InChI=1S/C11H9N5O2/c1-15-5-7(2-13-15)9-6-16-10(4-12-9)8(3-14-16)11(17)18/h2-6H,1H3,(H,17,18). The maximum Gasteiger partial charge on any atom is 0.339 e. The highest BCUT2D eigenvalue weighted by molar-refractivity contribution is 5.95. The molecule has 90 valence electrons. The maximum atomic E-state index is 10.9. The van der Waals surface area contributed by atoms with Crippen molar-refractivity contribution in [2.75, 3.05) is 0 Å². The van der Waals surface area contributed by atoms with E-state index in [2.05, 4.69) is 15.2 Å². The Balaban J connectivity index is 2.15. The van der Waals surface area contributed by atoms with Crippen molar-refractivity contribution in [2.45, 2.75) is 0 Å². The third-order valence-corrected chi connectivity index (χ3v) is 2.64. The normalized spacial score (nSPS) is 10.9. The minimum atomic E-state index is -1.01. The van der Waals surface area contributed by atoms with Crippen LogP contribution in [0.3, 0.4) is 0 Å². The fraction of sp³-hybridized carbons (Fsp3) is 0.0909. The van der Waals surface area contributed by atoms with Gasteiger partial charge >= 0.3 is 5.97 Å². The van der Waals surface area contributed by atoms with Crippen LogP contribution < -0.4 is 0 Å². The Morgan fingerprint density at radius 2 is 2.06 bits per heavy atom. The van der Waals surface area contributed by atoms with Gasteiger partial charge in [0.05, 0.1) is 36.0 Å². The molecule has 3 heterocycles. The Bertz CT molecular complexity index is 743. The third-order valence-electron chi connectivity index (χ3n) is 2.64. The van der Waals surface area contributed by atoms with Gasteiger partial charge < -0.3 is 5.11 Å². The van der Waals surface area contributed by atoms with Crippen LogP contribution in [-0.4, -0.2) is 35.5 Å². The summed E-state index contributed by atoms with van der Waals surface area (Å²) < 4.78 is 3.17. The molecule has 0 saturated heterocycles. The summed E-state index contributed by atoms with van der Waals surface area (Å²) in [5.74, 6) is -1.01. The van der Waals surface area contributed by atoms with Crippen molar-refractivity contribution in [3.05, 3.63) is 36.5 Å². The summed E-state index contributed by atoms with van der Waals surface area (Å²) in [5.41, 5.74) is 2.15. The first kappa shape index (κ1) is 10.5. The van der Waals surface area contributed by atoms with Crippen molar-refractivity contribution in [3.8, 4) is 11.3 Å². The average molecular weight is 243 g/mol. The summed E-state index contributed by atoms with van der Waals surface area (Å²) in [6.07, 6.45) is 8.01. The first-order valence-corrected chi connectivity index (χ1v) is 5.21. The first-order valence-electron chi connectivity index (χ1n) is 5.21. The lowest BCUT2D eigenvalue weighted by atomic mass is 10.2. The molecule has 7 heteroatoms. The molecule has 0 radical (unpaired) electrons. The van der Waals surface area contributed by atoms with Crippen molar-refractivity contribution < 1.29 is 9.90 Å². The van der Waals surface area contributed by atoms with Crippen LogP contribution in [0.25, 0.3) is 16.8 Å². The SMILES string of the molecule is Cn1cc(-c2cn3ncc(C(=O)O)c3cn2)cn1. The quantitative estimate of drug-likeness (QED) is 0.720. The van der Waals surface area contributed by atoms with E-state index in [1.807, 2.05) is 13.2 Å². The number of nitrogens with zero attached hydrogens (tertiary/aromatic N) is 5. The number of hydrogen-bond acceptors (Lipinski definition) is 4. The third kappa shape index (κ3) is 1.53. The maximum absolute atomic E-state index is 10.9. The number of rotatable bonds is 2. The van der Waals surface area contributed by atoms with E-state index in [9.17, 15) is 4.79 Å². The van der Waals surface area contributed by atoms with Crippen LogP contribution in [0.15, 0.2) is 31.0 Å². The van der Waals surface area contributed by atoms with Gasteiger partial charge in [0.2, 0.25) is 0 Å². The van der Waals surface area contributed by atoms with Gasteiger partial charge in [-0.05, 0) is 0 Å². The van der Waals surface area contributed by atoms with Crippen molar-refractivity contribution in [2.24, 2.45) is 7.05 Å². The van der Waals surface area contributed by atoms with E-state index < -0.39 is 5.97 Å². The second-order valence-corrected chi connectivity index (χ2v) is 3.87. The molecule has 0 spiro atoms. The Kier molecular flexibility index (Phi) is 2.12. The number of carboxylic acids is 1. The molecule has 0 fully saturated rings. The van der Waals surface area contributed by atoms with Gasteiger partial charge in [0.1, 0.15) is 5.56 Å². The molecule has 0 aromatic carbocycles. The number of hydrogen-bond donors (Lipinski definition) is 1. The summed E-state index contributed by atoms with van der Waals surface area (Å²) in [5, 5.41) is 17.0. The van der Waals surface area contributed by atoms with Crippen LogP contribution in [-0.2, 0) is 7.05 Å². The lowest BCUT2D eigenvalue weighted by molar-refractivity contribution is 0.0699. The Morgan fingerprint density at radius 3 is 2.72 bits per heavy atom. The molecular weight excluding hydrogens is 234 g/mol. The van der Waals surface area contributed by atoms with Crippen LogP contribution >= 0.6 is 0 Å². The predicted molar refractivity (Wildman–Crippen MR) is 62.1 cm³/mol. The molecule has 0 bridgehead atoms. The summed E-state index contributed by atoms with van der Waals surface area (Å²) >= 11 is 0. The molecule has 0 amide bonds. The fourth-order valence-electron chi connectivity index (χ4n) is 1.75. The molecule has 0 aliphatic rings. The molecule has 0 aliphatic carbocycles. The van der Waals surface area contributed by atoms with Crippen molar-refractivity contribution >= 4 is 11.5 Å². The number of carboxylic acid groups (broad SMARTS) is 1. The molecule has 3 aromatic heterocycles. The fourth-order valence-corrected chi connectivity index (χ4v) is 1.75. The number of aromatic carboxylic acids is 1. The van der Waals surface area contributed by atoms with Gasteiger partial charge in [-0.1, -0.05) is 0 Å². The Hall–Kier alpha value is -2.70. The van der Waals surface area contributed by atoms with Crippen LogP contribution in [0.5, 0.6) is 0 Å². The lowest BCUT2D eigenvalue weighted by Gasteiger charge is -1.98. The van der Waals surface area contributed by atoms with Gasteiger partial charge in [-0.25, -0.2) is 9.31 Å². The monoisotopic (exact) mass is 243 g/mol. The molecule has 0 unspecified atom stereocenters. The van der Waals surface area contributed by atoms with Crippen LogP contribution in [0.2, 0.25) is 0 Å². The van der Waals surface area contributed by atoms with E-state index in [1.54, 1.807) is 17.1 Å². The van der Waals surface area contributed by atoms with E-state index in [-0.39, 0.29) is 5.56 Å². The molecule has 18 heavy (non-hydrogen) atoms. The molecule has 7 nitrogen and oxygen atoms in total. The highest BCUT2D eigenvalue weighted by Gasteiger charge is 2.12. The van der Waals surface area contributed by atoms with Gasteiger partial charge in [0, 0.05) is 18.8 Å². The summed E-state index contributed by atoms with van der Waals surface area (Å²) in [6, 6.07) is 0. The molecule has 0 atom stereocenters. The molecule has 3 rings (SSSR count). The molecule has 0 aliphatic heterocycles. The minimum Gasteiger partial charge on any atom is -0.478 e. The molecule has 0 saturated carbocycles. The van der Waals surface area contributed by atoms with Gasteiger partial charge in [0.15, 0.2) is 0 Å². The zero-order chi connectivity index (χ0) is 12.7. The van der Waals surface area contributed by atoms with E-state index in [0.29, 0.717) is 11.2 Å². The van der Waals surface area contributed by atoms with Crippen molar-refractivity contribution in [3.63, 3.8) is 0 Å². The summed E-state index contributed by atoms with van der Waals surface area (Å²) in [6.45, 7) is 0. The highest BCUT2D eigenvalue weighted by atomic mass is 16.4. The molecule has 3 aromatic rings. The zero-order valence-electron chi connectivity index (χ0n) is 9.48. The summed E-state index contributed by atoms with van der Waals surface area (Å²) in [7, 11) is 1.82. The molecular formula is C11H9N5O2. The van der Waals surface area contributed by atoms with Crippen LogP contribution in [0.4, 0.5) is 0 Å². The number of aryl methyl sites for hydroxylation is 1. The van der Waals surface area contributed by atoms with Gasteiger partial charge in [0.25, 0.3) is 0 Å². The Labute approximate surface area is 101 Å². The number of carbonyl (C=O) groups is 1. The second-order valence-electron chi connectivity index (χ2n) is 3.87. The first-order chi connectivity index (χ1) is 8.65. The van der Waals surface area contributed by atoms with E-state index in [4.69, 9.17) is 5.11 Å². The largest absolute Gasteiger partial charge is 0.478 e. The second kappa shape index (κ2) is 3.66. The van der Waals surface area contributed by atoms with E-state index in [0.717, 1.165) is 5.56 Å². The lowest BCUT2D eigenvalue weighted by Crippen LogP contribution is -1.96. The Morgan fingerprint density at radius 1 is 1.22 bits per heavy atom. The van der Waals surface area contributed by atoms with Crippen molar-refractivity contribution in [1.29, 1.82) is 0 Å².